The SMILES string of the molecule is CCCCn1c(O)c(C#N)c(-c2ccccc2)cc1=O. The lowest BCUT2D eigenvalue weighted by atomic mass is 10.0. The molecule has 2 rings (SSSR count). The number of unbranched alkanes of at least 4 members (excludes halogenated alkanes) is 1. The normalized spacial score (nSPS) is 10.2. The predicted molar refractivity (Wildman–Crippen MR) is 77.4 cm³/mol. The van der Waals surface area contributed by atoms with E-state index in [1.54, 1.807) is 0 Å². The molecule has 0 spiro atoms. The Bertz CT molecular complexity index is 697. The van der Waals surface area contributed by atoms with Crippen LogP contribution in [0.2, 0.25) is 0 Å². The van der Waals surface area contributed by atoms with Crippen LogP contribution >= 0.6 is 0 Å². The summed E-state index contributed by atoms with van der Waals surface area (Å²) in [6.45, 7) is 2.43. The zero-order valence-corrected chi connectivity index (χ0v) is 11.3. The molecule has 20 heavy (non-hydrogen) atoms. The van der Waals surface area contributed by atoms with E-state index in [-0.39, 0.29) is 17.0 Å². The highest BCUT2D eigenvalue weighted by molar-refractivity contribution is 5.72. The number of hydrogen-bond acceptors (Lipinski definition) is 3. The van der Waals surface area contributed by atoms with Crippen molar-refractivity contribution in [2.24, 2.45) is 0 Å². The number of nitrogens with zero attached hydrogens (tertiary/aromatic N) is 2. The third kappa shape index (κ3) is 2.57. The molecule has 0 amide bonds. The molecule has 0 unspecified atom stereocenters. The maximum Gasteiger partial charge on any atom is 0.253 e. The maximum absolute atomic E-state index is 12.1. The summed E-state index contributed by atoms with van der Waals surface area (Å²) in [4.78, 5) is 12.1. The van der Waals surface area contributed by atoms with Crippen molar-refractivity contribution in [2.45, 2.75) is 26.3 Å². The number of aromatic hydroxyl groups is 1. The molecular weight excluding hydrogens is 252 g/mol. The van der Waals surface area contributed by atoms with Gasteiger partial charge in [0.2, 0.25) is 5.88 Å². The van der Waals surface area contributed by atoms with Gasteiger partial charge in [0, 0.05) is 18.2 Å². The molecule has 4 nitrogen and oxygen atoms in total. The molecule has 0 saturated heterocycles. The number of rotatable bonds is 4. The zero-order chi connectivity index (χ0) is 14.5. The van der Waals surface area contributed by atoms with Crippen LogP contribution in [0.4, 0.5) is 0 Å². The van der Waals surface area contributed by atoms with Crippen molar-refractivity contribution < 1.29 is 5.11 Å². The summed E-state index contributed by atoms with van der Waals surface area (Å²) >= 11 is 0. The molecule has 4 heteroatoms. The van der Waals surface area contributed by atoms with Gasteiger partial charge in [-0.15, -0.1) is 0 Å². The van der Waals surface area contributed by atoms with Gasteiger partial charge in [0.25, 0.3) is 5.56 Å². The summed E-state index contributed by atoms with van der Waals surface area (Å²) in [5, 5.41) is 19.5. The van der Waals surface area contributed by atoms with Crippen molar-refractivity contribution in [3.63, 3.8) is 0 Å². The van der Waals surface area contributed by atoms with Gasteiger partial charge in [-0.1, -0.05) is 43.7 Å². The molecule has 1 aromatic heterocycles. The van der Waals surface area contributed by atoms with Crippen molar-refractivity contribution in [1.82, 2.24) is 4.57 Å². The lowest BCUT2D eigenvalue weighted by Crippen LogP contribution is -2.20. The lowest BCUT2D eigenvalue weighted by Gasteiger charge is -2.12. The molecule has 0 aliphatic rings. The van der Waals surface area contributed by atoms with Crippen molar-refractivity contribution in [3.05, 3.63) is 52.3 Å². The molecule has 0 saturated carbocycles. The monoisotopic (exact) mass is 268 g/mol. The van der Waals surface area contributed by atoms with Crippen molar-refractivity contribution in [3.8, 4) is 23.1 Å². The van der Waals surface area contributed by atoms with Crippen LogP contribution in [0.25, 0.3) is 11.1 Å². The molecule has 1 N–H and O–H groups in total. The summed E-state index contributed by atoms with van der Waals surface area (Å²) in [5.41, 5.74) is 1.09. The zero-order valence-electron chi connectivity index (χ0n) is 11.3. The fourth-order valence-electron chi connectivity index (χ4n) is 2.12. The molecule has 102 valence electrons. The Morgan fingerprint density at radius 3 is 2.60 bits per heavy atom. The van der Waals surface area contributed by atoms with E-state index >= 15 is 0 Å². The molecular formula is C16H16N2O2. The average molecular weight is 268 g/mol. The van der Waals surface area contributed by atoms with E-state index in [4.69, 9.17) is 0 Å². The predicted octanol–water partition coefficient (Wildman–Crippen LogP) is 2.89. The Morgan fingerprint density at radius 1 is 1.30 bits per heavy atom. The van der Waals surface area contributed by atoms with Gasteiger partial charge in [0.15, 0.2) is 0 Å². The number of benzene rings is 1. The highest BCUT2D eigenvalue weighted by atomic mass is 16.3. The van der Waals surface area contributed by atoms with E-state index in [2.05, 4.69) is 0 Å². The van der Waals surface area contributed by atoms with Gasteiger partial charge in [-0.2, -0.15) is 5.26 Å². The minimum absolute atomic E-state index is 0.145. The second-order valence-electron chi connectivity index (χ2n) is 4.58. The Morgan fingerprint density at radius 2 is 2.00 bits per heavy atom. The first kappa shape index (κ1) is 13.9. The van der Waals surface area contributed by atoms with E-state index in [1.807, 2.05) is 43.3 Å². The van der Waals surface area contributed by atoms with E-state index in [1.165, 1.54) is 10.6 Å². The second kappa shape index (κ2) is 6.07. The maximum atomic E-state index is 12.1. The summed E-state index contributed by atoms with van der Waals surface area (Å²) < 4.78 is 1.26. The molecule has 2 aromatic rings. The Balaban J connectivity index is 2.62. The van der Waals surface area contributed by atoms with E-state index in [0.29, 0.717) is 12.1 Å². The second-order valence-corrected chi connectivity index (χ2v) is 4.58. The van der Waals surface area contributed by atoms with E-state index in [9.17, 15) is 15.2 Å². The fraction of sp³-hybridized carbons (Fsp3) is 0.250. The smallest absolute Gasteiger partial charge is 0.253 e. The molecule has 0 fully saturated rings. The lowest BCUT2D eigenvalue weighted by molar-refractivity contribution is 0.400. The third-order valence-electron chi connectivity index (χ3n) is 3.21. The quantitative estimate of drug-likeness (QED) is 0.927. The third-order valence-corrected chi connectivity index (χ3v) is 3.21. The first-order chi connectivity index (χ1) is 9.69. The van der Waals surface area contributed by atoms with Gasteiger partial charge in [0.05, 0.1) is 0 Å². The molecule has 0 radical (unpaired) electrons. The summed E-state index contributed by atoms with van der Waals surface area (Å²) in [6, 6.07) is 12.6. The number of aromatic nitrogens is 1. The summed E-state index contributed by atoms with van der Waals surface area (Å²) in [7, 11) is 0. The van der Waals surface area contributed by atoms with Crippen LogP contribution in [0.5, 0.6) is 5.88 Å². The first-order valence-electron chi connectivity index (χ1n) is 6.61. The molecule has 0 atom stereocenters. The average Bonchev–Trinajstić information content (AvgIpc) is 2.47. The largest absolute Gasteiger partial charge is 0.493 e. The molecule has 1 heterocycles. The first-order valence-corrected chi connectivity index (χ1v) is 6.61. The van der Waals surface area contributed by atoms with Crippen molar-refractivity contribution in [2.75, 3.05) is 0 Å². The highest BCUT2D eigenvalue weighted by Gasteiger charge is 2.15. The minimum Gasteiger partial charge on any atom is -0.493 e. The molecule has 0 aliphatic heterocycles. The van der Waals surface area contributed by atoms with Crippen LogP contribution in [0.3, 0.4) is 0 Å². The molecule has 0 aliphatic carbocycles. The van der Waals surface area contributed by atoms with Gasteiger partial charge in [-0.3, -0.25) is 9.36 Å². The standard InChI is InChI=1S/C16H16N2O2/c1-2-3-9-18-15(19)10-13(14(11-17)16(18)20)12-7-5-4-6-8-12/h4-8,10,20H,2-3,9H2,1H3. The highest BCUT2D eigenvalue weighted by Crippen LogP contribution is 2.27. The van der Waals surface area contributed by atoms with Crippen LogP contribution in [-0.2, 0) is 6.54 Å². The van der Waals surface area contributed by atoms with Crippen molar-refractivity contribution >= 4 is 0 Å². The Labute approximate surface area is 117 Å². The van der Waals surface area contributed by atoms with Gasteiger partial charge >= 0.3 is 0 Å². The van der Waals surface area contributed by atoms with Crippen LogP contribution in [0.1, 0.15) is 25.3 Å². The van der Waals surface area contributed by atoms with Gasteiger partial charge in [0.1, 0.15) is 11.6 Å². The van der Waals surface area contributed by atoms with E-state index < -0.39 is 0 Å². The summed E-state index contributed by atoms with van der Waals surface area (Å²) in [6.07, 6.45) is 1.69. The van der Waals surface area contributed by atoms with Crippen LogP contribution in [0, 0.1) is 11.3 Å². The molecule has 1 aromatic carbocycles. The topological polar surface area (TPSA) is 66.0 Å². The Hall–Kier alpha value is -2.54. The summed E-state index contributed by atoms with van der Waals surface area (Å²) in [5.74, 6) is -0.243. The van der Waals surface area contributed by atoms with Crippen LogP contribution in [0.15, 0.2) is 41.2 Å². The van der Waals surface area contributed by atoms with Gasteiger partial charge in [-0.05, 0) is 12.0 Å². The van der Waals surface area contributed by atoms with Crippen molar-refractivity contribution in [1.29, 1.82) is 5.26 Å². The number of nitriles is 1. The van der Waals surface area contributed by atoms with Crippen LogP contribution < -0.4 is 5.56 Å². The van der Waals surface area contributed by atoms with Gasteiger partial charge in [-0.25, -0.2) is 0 Å². The van der Waals surface area contributed by atoms with E-state index in [0.717, 1.165) is 18.4 Å². The minimum atomic E-state index is -0.284. The number of hydrogen-bond donors (Lipinski definition) is 1. The fourth-order valence-corrected chi connectivity index (χ4v) is 2.12. The number of pyridine rings is 1. The van der Waals surface area contributed by atoms with Gasteiger partial charge < -0.3 is 5.11 Å². The Kier molecular flexibility index (Phi) is 4.21. The molecule has 0 bridgehead atoms. The van der Waals surface area contributed by atoms with Crippen LogP contribution in [-0.4, -0.2) is 9.67 Å².